The Morgan fingerprint density at radius 2 is 2.12 bits per heavy atom. The Morgan fingerprint density at radius 1 is 1.38 bits per heavy atom. The van der Waals surface area contributed by atoms with Crippen molar-refractivity contribution in [3.05, 3.63) is 34.9 Å². The standard InChI is InChI=1S/C17H23ClN2O4/c1-20-14(17(23)24)10-13(16(22)19-7-2-3-8-21)15(20)11-5-4-6-12(18)9-11/h4-6,9,13-15,21H,2-3,7-8,10H2,1H3,(H,19,22)(H,23,24)/t13-,14-,15-/m0/s1. The molecule has 1 saturated heterocycles. The molecule has 1 aromatic carbocycles. The number of amides is 1. The third-order valence-corrected chi connectivity index (χ3v) is 4.72. The van der Waals surface area contributed by atoms with Crippen LogP contribution in [0.2, 0.25) is 5.02 Å². The van der Waals surface area contributed by atoms with Gasteiger partial charge in [-0.2, -0.15) is 0 Å². The second-order valence-electron chi connectivity index (χ2n) is 6.08. The van der Waals surface area contributed by atoms with Gasteiger partial charge in [-0.3, -0.25) is 14.5 Å². The molecule has 0 bridgehead atoms. The van der Waals surface area contributed by atoms with Gasteiger partial charge >= 0.3 is 5.97 Å². The summed E-state index contributed by atoms with van der Waals surface area (Å²) in [5.74, 6) is -1.54. The van der Waals surface area contributed by atoms with Crippen molar-refractivity contribution < 1.29 is 19.8 Å². The molecule has 1 fully saturated rings. The van der Waals surface area contributed by atoms with Crippen molar-refractivity contribution in [2.75, 3.05) is 20.2 Å². The summed E-state index contributed by atoms with van der Waals surface area (Å²) in [6.45, 7) is 0.563. The van der Waals surface area contributed by atoms with Crippen LogP contribution in [-0.4, -0.2) is 53.2 Å². The molecule has 0 unspecified atom stereocenters. The van der Waals surface area contributed by atoms with E-state index in [1.165, 1.54) is 0 Å². The van der Waals surface area contributed by atoms with Crippen LogP contribution in [-0.2, 0) is 9.59 Å². The Morgan fingerprint density at radius 3 is 2.75 bits per heavy atom. The molecule has 0 aliphatic carbocycles. The molecule has 0 aromatic heterocycles. The molecule has 7 heteroatoms. The number of hydrogen-bond acceptors (Lipinski definition) is 4. The molecular weight excluding hydrogens is 332 g/mol. The number of halogens is 1. The summed E-state index contributed by atoms with van der Waals surface area (Å²) in [5, 5.41) is 21.6. The first-order valence-corrected chi connectivity index (χ1v) is 8.42. The number of aliphatic carboxylic acids is 1. The number of benzene rings is 1. The predicted molar refractivity (Wildman–Crippen MR) is 90.8 cm³/mol. The second-order valence-corrected chi connectivity index (χ2v) is 6.52. The fraction of sp³-hybridized carbons (Fsp3) is 0.529. The number of carbonyl (C=O) groups excluding carboxylic acids is 1. The fourth-order valence-corrected chi connectivity index (χ4v) is 3.48. The molecule has 1 aliphatic rings. The quantitative estimate of drug-likeness (QED) is 0.648. The van der Waals surface area contributed by atoms with Gasteiger partial charge in [0.05, 0.1) is 5.92 Å². The molecule has 132 valence electrons. The van der Waals surface area contributed by atoms with Crippen LogP contribution in [0.3, 0.4) is 0 Å². The molecule has 1 aromatic rings. The van der Waals surface area contributed by atoms with Crippen LogP contribution >= 0.6 is 11.6 Å². The van der Waals surface area contributed by atoms with Crippen molar-refractivity contribution >= 4 is 23.5 Å². The molecule has 24 heavy (non-hydrogen) atoms. The first-order valence-electron chi connectivity index (χ1n) is 8.04. The summed E-state index contributed by atoms with van der Waals surface area (Å²) >= 11 is 6.06. The average Bonchev–Trinajstić information content (AvgIpc) is 2.89. The van der Waals surface area contributed by atoms with Gasteiger partial charge in [0.1, 0.15) is 6.04 Å². The molecule has 1 aliphatic heterocycles. The lowest BCUT2D eigenvalue weighted by Gasteiger charge is -2.26. The second kappa shape index (κ2) is 8.46. The largest absolute Gasteiger partial charge is 0.480 e. The highest BCUT2D eigenvalue weighted by Gasteiger charge is 2.46. The maximum atomic E-state index is 12.6. The van der Waals surface area contributed by atoms with E-state index in [2.05, 4.69) is 5.32 Å². The van der Waals surface area contributed by atoms with Gasteiger partial charge in [0.25, 0.3) is 0 Å². The van der Waals surface area contributed by atoms with E-state index in [0.717, 1.165) is 5.56 Å². The Balaban J connectivity index is 2.19. The lowest BCUT2D eigenvalue weighted by atomic mass is 9.92. The monoisotopic (exact) mass is 354 g/mol. The van der Waals surface area contributed by atoms with E-state index in [4.69, 9.17) is 16.7 Å². The molecule has 0 spiro atoms. The van der Waals surface area contributed by atoms with Crippen LogP contribution in [0.5, 0.6) is 0 Å². The lowest BCUT2D eigenvalue weighted by Crippen LogP contribution is -2.36. The zero-order valence-electron chi connectivity index (χ0n) is 13.6. The minimum atomic E-state index is -0.930. The molecule has 0 saturated carbocycles. The zero-order valence-corrected chi connectivity index (χ0v) is 14.4. The van der Waals surface area contributed by atoms with Crippen molar-refractivity contribution in [3.63, 3.8) is 0 Å². The number of aliphatic hydroxyl groups is 1. The number of hydrogen-bond donors (Lipinski definition) is 3. The minimum Gasteiger partial charge on any atom is -0.480 e. The molecule has 2 rings (SSSR count). The van der Waals surface area contributed by atoms with Gasteiger partial charge in [0.15, 0.2) is 0 Å². The number of aliphatic hydroxyl groups excluding tert-OH is 1. The summed E-state index contributed by atoms with van der Waals surface area (Å²) in [5.41, 5.74) is 0.837. The van der Waals surface area contributed by atoms with Crippen LogP contribution in [0, 0.1) is 5.92 Å². The van der Waals surface area contributed by atoms with E-state index in [0.29, 0.717) is 24.4 Å². The number of unbranched alkanes of at least 4 members (excludes halogenated alkanes) is 1. The van der Waals surface area contributed by atoms with E-state index in [9.17, 15) is 14.7 Å². The van der Waals surface area contributed by atoms with Crippen LogP contribution in [0.15, 0.2) is 24.3 Å². The molecule has 6 nitrogen and oxygen atoms in total. The molecule has 3 N–H and O–H groups in total. The van der Waals surface area contributed by atoms with Gasteiger partial charge in [0.2, 0.25) is 5.91 Å². The van der Waals surface area contributed by atoms with Crippen LogP contribution in [0.4, 0.5) is 0 Å². The predicted octanol–water partition coefficient (Wildman–Crippen LogP) is 1.67. The van der Waals surface area contributed by atoms with Gasteiger partial charge in [-0.1, -0.05) is 23.7 Å². The van der Waals surface area contributed by atoms with E-state index < -0.39 is 17.9 Å². The van der Waals surface area contributed by atoms with Crippen molar-refractivity contribution in [1.82, 2.24) is 10.2 Å². The fourth-order valence-electron chi connectivity index (χ4n) is 3.28. The number of nitrogens with zero attached hydrogens (tertiary/aromatic N) is 1. The van der Waals surface area contributed by atoms with Crippen LogP contribution in [0.1, 0.15) is 30.9 Å². The average molecular weight is 355 g/mol. The maximum absolute atomic E-state index is 12.6. The number of nitrogens with one attached hydrogen (secondary N) is 1. The Labute approximate surface area is 146 Å². The summed E-state index contributed by atoms with van der Waals surface area (Å²) in [6, 6.07) is 6.15. The third-order valence-electron chi connectivity index (χ3n) is 4.48. The highest BCUT2D eigenvalue weighted by Crippen LogP contribution is 2.40. The van der Waals surface area contributed by atoms with Crippen molar-refractivity contribution in [2.24, 2.45) is 5.92 Å². The highest BCUT2D eigenvalue weighted by atomic mass is 35.5. The number of rotatable bonds is 7. The summed E-state index contributed by atoms with van der Waals surface area (Å²) in [6.07, 6.45) is 1.57. The minimum absolute atomic E-state index is 0.0915. The molecule has 3 atom stereocenters. The van der Waals surface area contributed by atoms with Gasteiger partial charge in [-0.15, -0.1) is 0 Å². The topological polar surface area (TPSA) is 89.9 Å². The number of carboxylic acid groups (broad SMARTS) is 1. The summed E-state index contributed by atoms with van der Waals surface area (Å²) in [4.78, 5) is 25.8. The maximum Gasteiger partial charge on any atom is 0.320 e. The number of carbonyl (C=O) groups is 2. The molecular formula is C17H23ClN2O4. The van der Waals surface area contributed by atoms with E-state index >= 15 is 0 Å². The van der Waals surface area contributed by atoms with Gasteiger partial charge in [-0.25, -0.2) is 0 Å². The third kappa shape index (κ3) is 4.26. The Kier molecular flexibility index (Phi) is 6.60. The molecule has 0 radical (unpaired) electrons. The van der Waals surface area contributed by atoms with Crippen LogP contribution in [0.25, 0.3) is 0 Å². The van der Waals surface area contributed by atoms with Crippen molar-refractivity contribution in [2.45, 2.75) is 31.3 Å². The normalized spacial score (nSPS) is 24.0. The Bertz CT molecular complexity index is 596. The van der Waals surface area contributed by atoms with E-state index in [-0.39, 0.29) is 25.0 Å². The SMILES string of the molecule is CN1[C@H](C(=O)O)C[C@H](C(=O)NCCCCO)[C@@H]1c1cccc(Cl)c1. The molecule has 1 heterocycles. The first-order chi connectivity index (χ1) is 11.5. The highest BCUT2D eigenvalue weighted by molar-refractivity contribution is 6.30. The van der Waals surface area contributed by atoms with Crippen molar-refractivity contribution in [1.29, 1.82) is 0 Å². The smallest absolute Gasteiger partial charge is 0.320 e. The van der Waals surface area contributed by atoms with Gasteiger partial charge in [-0.05, 0) is 44.0 Å². The summed E-state index contributed by atoms with van der Waals surface area (Å²) in [7, 11) is 1.73. The van der Waals surface area contributed by atoms with E-state index in [1.54, 1.807) is 30.1 Å². The van der Waals surface area contributed by atoms with Crippen LogP contribution < -0.4 is 5.32 Å². The number of likely N-dealkylation sites (N-methyl/N-ethyl adjacent to an activating group) is 1. The van der Waals surface area contributed by atoms with Gasteiger partial charge < -0.3 is 15.5 Å². The van der Waals surface area contributed by atoms with E-state index in [1.807, 2.05) is 6.07 Å². The van der Waals surface area contributed by atoms with Gasteiger partial charge in [0, 0.05) is 24.2 Å². The number of carboxylic acids is 1. The summed E-state index contributed by atoms with van der Waals surface area (Å²) < 4.78 is 0. The molecule has 1 amide bonds. The first kappa shape index (κ1) is 18.7. The number of likely N-dealkylation sites (tertiary alicyclic amines) is 1. The van der Waals surface area contributed by atoms with Crippen molar-refractivity contribution in [3.8, 4) is 0 Å². The zero-order chi connectivity index (χ0) is 17.7. The Hall–Kier alpha value is -1.63. The lowest BCUT2D eigenvalue weighted by molar-refractivity contribution is -0.142.